The van der Waals surface area contributed by atoms with Gasteiger partial charge in [-0.25, -0.2) is 4.98 Å². The van der Waals surface area contributed by atoms with Gasteiger partial charge in [0.2, 0.25) is 5.91 Å². The van der Waals surface area contributed by atoms with Crippen molar-refractivity contribution in [2.75, 3.05) is 6.54 Å². The zero-order valence-corrected chi connectivity index (χ0v) is 13.5. The average Bonchev–Trinajstić information content (AvgIpc) is 2.53. The van der Waals surface area contributed by atoms with E-state index in [9.17, 15) is 9.90 Å². The number of pyridine rings is 1. The first-order chi connectivity index (χ1) is 10.6. The number of nitrogens with zero attached hydrogens (tertiary/aromatic N) is 1. The van der Waals surface area contributed by atoms with E-state index in [1.807, 2.05) is 56.3 Å². The maximum atomic E-state index is 12.1. The first-order valence-corrected chi connectivity index (χ1v) is 8.05. The number of amides is 1. The van der Waals surface area contributed by atoms with Gasteiger partial charge in [0.1, 0.15) is 0 Å². The normalized spacial score (nSPS) is 13.4. The molecule has 0 spiro atoms. The topological polar surface area (TPSA) is 62.2 Å². The van der Waals surface area contributed by atoms with Gasteiger partial charge in [0.05, 0.1) is 16.4 Å². The van der Waals surface area contributed by atoms with Gasteiger partial charge in [-0.05, 0) is 37.1 Å². The van der Waals surface area contributed by atoms with Gasteiger partial charge in [-0.3, -0.25) is 4.79 Å². The number of aromatic nitrogens is 1. The third-order valence-electron chi connectivity index (χ3n) is 3.32. The minimum atomic E-state index is -0.697. The molecule has 0 fully saturated rings. The van der Waals surface area contributed by atoms with Gasteiger partial charge in [0.15, 0.2) is 0 Å². The Kier molecular flexibility index (Phi) is 5.98. The number of benzene rings is 1. The van der Waals surface area contributed by atoms with Crippen LogP contribution in [0.1, 0.15) is 24.2 Å². The molecule has 22 heavy (non-hydrogen) atoms. The van der Waals surface area contributed by atoms with Crippen molar-refractivity contribution in [3.05, 3.63) is 59.8 Å². The lowest BCUT2D eigenvalue weighted by Crippen LogP contribution is -2.34. The van der Waals surface area contributed by atoms with Gasteiger partial charge in [0.25, 0.3) is 0 Å². The summed E-state index contributed by atoms with van der Waals surface area (Å²) in [7, 11) is 0. The molecule has 0 radical (unpaired) electrons. The van der Waals surface area contributed by atoms with Gasteiger partial charge in [-0.15, -0.1) is 0 Å². The summed E-state index contributed by atoms with van der Waals surface area (Å²) < 4.78 is 0. The molecule has 0 saturated heterocycles. The van der Waals surface area contributed by atoms with E-state index in [1.54, 1.807) is 6.20 Å². The number of thioether (sulfide) groups is 1. The van der Waals surface area contributed by atoms with Crippen molar-refractivity contribution in [3.8, 4) is 0 Å². The van der Waals surface area contributed by atoms with Crippen LogP contribution in [0.3, 0.4) is 0 Å². The number of hydrogen-bond donors (Lipinski definition) is 2. The lowest BCUT2D eigenvalue weighted by atomic mass is 10.0. The average molecular weight is 316 g/mol. The number of aliphatic hydroxyl groups is 1. The summed E-state index contributed by atoms with van der Waals surface area (Å²) in [4.78, 5) is 16.3. The monoisotopic (exact) mass is 316 g/mol. The van der Waals surface area contributed by atoms with Gasteiger partial charge in [-0.2, -0.15) is 0 Å². The number of carbonyl (C=O) groups excluding carboxylic acids is 1. The molecule has 2 N–H and O–H groups in total. The van der Waals surface area contributed by atoms with Crippen LogP contribution in [0.5, 0.6) is 0 Å². The molecular formula is C17H20N2O2S. The highest BCUT2D eigenvalue weighted by Gasteiger charge is 2.17. The van der Waals surface area contributed by atoms with Crippen molar-refractivity contribution in [1.29, 1.82) is 0 Å². The minimum absolute atomic E-state index is 0.108. The fraction of sp³-hybridized carbons (Fsp3) is 0.294. The molecule has 0 bridgehead atoms. The van der Waals surface area contributed by atoms with Crippen molar-refractivity contribution in [2.45, 2.75) is 30.2 Å². The van der Waals surface area contributed by atoms with Gasteiger partial charge < -0.3 is 10.4 Å². The third kappa shape index (κ3) is 4.58. The quantitative estimate of drug-likeness (QED) is 0.805. The molecule has 1 aromatic heterocycles. The van der Waals surface area contributed by atoms with Crippen molar-refractivity contribution in [3.63, 3.8) is 0 Å². The predicted molar refractivity (Wildman–Crippen MR) is 88.7 cm³/mol. The van der Waals surface area contributed by atoms with E-state index in [-0.39, 0.29) is 17.7 Å². The first-order valence-electron chi connectivity index (χ1n) is 7.17. The molecule has 2 atom stereocenters. The highest BCUT2D eigenvalue weighted by Crippen LogP contribution is 2.21. The van der Waals surface area contributed by atoms with E-state index < -0.39 is 6.10 Å². The summed E-state index contributed by atoms with van der Waals surface area (Å²) in [6.45, 7) is 3.98. The highest BCUT2D eigenvalue weighted by molar-refractivity contribution is 8.00. The second-order valence-electron chi connectivity index (χ2n) is 5.05. The van der Waals surface area contributed by atoms with Crippen LogP contribution in [0.2, 0.25) is 0 Å². The number of rotatable bonds is 6. The fourth-order valence-electron chi connectivity index (χ4n) is 2.06. The van der Waals surface area contributed by atoms with E-state index in [0.29, 0.717) is 0 Å². The van der Waals surface area contributed by atoms with Crippen LogP contribution in [-0.2, 0) is 4.79 Å². The molecule has 2 unspecified atom stereocenters. The van der Waals surface area contributed by atoms with Gasteiger partial charge >= 0.3 is 0 Å². The summed E-state index contributed by atoms with van der Waals surface area (Å²) in [5.41, 5.74) is 1.85. The lowest BCUT2D eigenvalue weighted by molar-refractivity contribution is -0.120. The Morgan fingerprint density at radius 3 is 2.68 bits per heavy atom. The van der Waals surface area contributed by atoms with E-state index in [4.69, 9.17) is 0 Å². The number of aliphatic hydroxyl groups excluding tert-OH is 1. The largest absolute Gasteiger partial charge is 0.387 e. The van der Waals surface area contributed by atoms with Crippen LogP contribution >= 0.6 is 11.8 Å². The fourth-order valence-corrected chi connectivity index (χ4v) is 2.89. The number of hydrogen-bond acceptors (Lipinski definition) is 4. The van der Waals surface area contributed by atoms with Crippen molar-refractivity contribution in [1.82, 2.24) is 10.3 Å². The van der Waals surface area contributed by atoms with Gasteiger partial charge in [0, 0.05) is 12.7 Å². The molecule has 2 aromatic rings. The first kappa shape index (κ1) is 16.5. The molecule has 4 nitrogen and oxygen atoms in total. The van der Waals surface area contributed by atoms with Crippen LogP contribution in [-0.4, -0.2) is 27.8 Å². The predicted octanol–water partition coefficient (Wildman–Crippen LogP) is 2.72. The number of nitrogens with one attached hydrogen (secondary N) is 1. The molecule has 0 aliphatic carbocycles. The molecule has 0 aliphatic heterocycles. The molecular weight excluding hydrogens is 296 g/mol. The molecule has 0 aliphatic rings. The zero-order valence-electron chi connectivity index (χ0n) is 12.7. The van der Waals surface area contributed by atoms with E-state index in [0.717, 1.165) is 16.2 Å². The maximum Gasteiger partial charge on any atom is 0.233 e. The SMILES string of the molecule is Cc1ccccc1C(O)CNC(=O)C(C)Sc1ccccn1. The molecule has 1 amide bonds. The van der Waals surface area contributed by atoms with Crippen LogP contribution in [0.15, 0.2) is 53.7 Å². The Hall–Kier alpha value is -1.85. The summed E-state index contributed by atoms with van der Waals surface area (Å²) in [6.07, 6.45) is 1.01. The Morgan fingerprint density at radius 1 is 1.27 bits per heavy atom. The van der Waals surface area contributed by atoms with E-state index in [2.05, 4.69) is 10.3 Å². The second-order valence-corrected chi connectivity index (χ2v) is 6.41. The zero-order chi connectivity index (χ0) is 15.9. The summed E-state index contributed by atoms with van der Waals surface area (Å²) in [6, 6.07) is 13.2. The van der Waals surface area contributed by atoms with Crippen LogP contribution in [0.4, 0.5) is 0 Å². The number of carbonyl (C=O) groups is 1. The molecule has 1 heterocycles. The third-order valence-corrected chi connectivity index (χ3v) is 4.37. The van der Waals surface area contributed by atoms with Crippen LogP contribution in [0.25, 0.3) is 0 Å². The van der Waals surface area contributed by atoms with Crippen LogP contribution in [0, 0.1) is 6.92 Å². The van der Waals surface area contributed by atoms with Gasteiger partial charge in [-0.1, -0.05) is 42.1 Å². The van der Waals surface area contributed by atoms with Crippen molar-refractivity contribution in [2.24, 2.45) is 0 Å². The Balaban J connectivity index is 1.86. The second kappa shape index (κ2) is 7.96. The molecule has 1 aromatic carbocycles. The molecule has 2 rings (SSSR count). The standard InChI is InChI=1S/C17H20N2O2S/c1-12-7-3-4-8-14(12)15(20)11-19-17(21)13(2)22-16-9-5-6-10-18-16/h3-10,13,15,20H,11H2,1-2H3,(H,19,21). The van der Waals surface area contributed by atoms with E-state index in [1.165, 1.54) is 11.8 Å². The highest BCUT2D eigenvalue weighted by atomic mass is 32.2. The van der Waals surface area contributed by atoms with E-state index >= 15 is 0 Å². The van der Waals surface area contributed by atoms with Crippen molar-refractivity contribution >= 4 is 17.7 Å². The lowest BCUT2D eigenvalue weighted by Gasteiger charge is -2.16. The molecule has 5 heteroatoms. The molecule has 116 valence electrons. The Labute approximate surface area is 135 Å². The molecule has 0 saturated carbocycles. The Morgan fingerprint density at radius 2 is 2.00 bits per heavy atom. The minimum Gasteiger partial charge on any atom is -0.387 e. The summed E-state index contributed by atoms with van der Waals surface area (Å²) >= 11 is 1.40. The summed E-state index contributed by atoms with van der Waals surface area (Å²) in [5, 5.41) is 13.5. The Bertz CT molecular complexity index is 619. The maximum absolute atomic E-state index is 12.1. The number of aryl methyl sites for hydroxylation is 1. The van der Waals surface area contributed by atoms with Crippen molar-refractivity contribution < 1.29 is 9.90 Å². The smallest absolute Gasteiger partial charge is 0.233 e. The van der Waals surface area contributed by atoms with Crippen LogP contribution < -0.4 is 5.32 Å². The summed E-state index contributed by atoms with van der Waals surface area (Å²) in [5.74, 6) is -0.108.